The molecular formula is C29H27N3O6. The number of ether oxygens (including phenoxy) is 2. The predicted octanol–water partition coefficient (Wildman–Crippen LogP) is 4.10. The third kappa shape index (κ3) is 4.47. The van der Waals surface area contributed by atoms with Crippen LogP contribution in [-0.4, -0.2) is 54.6 Å². The summed E-state index contributed by atoms with van der Waals surface area (Å²) in [6.45, 7) is 3.38. The molecule has 1 fully saturated rings. The maximum absolute atomic E-state index is 13.4. The SMILES string of the molecule is CCCOC(=O)c1cccc(N2C(=O)C(=O)/C(=C(\O)c3ccc4c(c3)N(C)CCO4)C2c2ccccn2)c1. The molecule has 194 valence electrons. The van der Waals surface area contributed by atoms with Gasteiger partial charge in [-0.15, -0.1) is 0 Å². The average molecular weight is 514 g/mol. The Bertz CT molecular complexity index is 1440. The van der Waals surface area contributed by atoms with Gasteiger partial charge in [-0.05, 0) is 55.0 Å². The molecule has 0 spiro atoms. The van der Waals surface area contributed by atoms with Gasteiger partial charge in [-0.3, -0.25) is 19.5 Å². The van der Waals surface area contributed by atoms with Crippen LogP contribution < -0.4 is 14.5 Å². The Labute approximate surface area is 219 Å². The smallest absolute Gasteiger partial charge is 0.338 e. The van der Waals surface area contributed by atoms with Crippen LogP contribution in [0.4, 0.5) is 11.4 Å². The lowest BCUT2D eigenvalue weighted by Crippen LogP contribution is -2.30. The lowest BCUT2D eigenvalue weighted by Gasteiger charge is -2.28. The number of amides is 1. The number of aliphatic hydroxyl groups is 1. The highest BCUT2D eigenvalue weighted by Crippen LogP contribution is 2.42. The average Bonchev–Trinajstić information content (AvgIpc) is 3.22. The molecule has 38 heavy (non-hydrogen) atoms. The number of carbonyl (C=O) groups is 3. The number of likely N-dealkylation sites (N-methyl/N-ethyl adjacent to an activating group) is 1. The summed E-state index contributed by atoms with van der Waals surface area (Å²) in [5.74, 6) is -1.86. The lowest BCUT2D eigenvalue weighted by atomic mass is 9.97. The Balaban J connectivity index is 1.63. The normalized spacial score (nSPS) is 18.2. The zero-order valence-electron chi connectivity index (χ0n) is 21.1. The molecule has 1 atom stereocenters. The number of pyridine rings is 1. The summed E-state index contributed by atoms with van der Waals surface area (Å²) >= 11 is 0. The van der Waals surface area contributed by atoms with Crippen molar-refractivity contribution in [2.45, 2.75) is 19.4 Å². The van der Waals surface area contributed by atoms with Crippen LogP contribution in [0.2, 0.25) is 0 Å². The quantitative estimate of drug-likeness (QED) is 0.227. The monoisotopic (exact) mass is 513 g/mol. The van der Waals surface area contributed by atoms with Crippen LogP contribution in [0.15, 0.2) is 72.4 Å². The summed E-state index contributed by atoms with van der Waals surface area (Å²) < 4.78 is 10.9. The summed E-state index contributed by atoms with van der Waals surface area (Å²) in [6.07, 6.45) is 2.23. The molecule has 0 radical (unpaired) electrons. The first-order chi connectivity index (χ1) is 18.4. The number of rotatable bonds is 6. The van der Waals surface area contributed by atoms with Gasteiger partial charge in [0, 0.05) is 24.5 Å². The molecule has 2 aromatic carbocycles. The summed E-state index contributed by atoms with van der Waals surface area (Å²) in [5, 5.41) is 11.5. The molecule has 1 unspecified atom stereocenters. The van der Waals surface area contributed by atoms with E-state index in [1.54, 1.807) is 60.8 Å². The van der Waals surface area contributed by atoms with Crippen molar-refractivity contribution >= 4 is 34.8 Å². The van der Waals surface area contributed by atoms with Crippen LogP contribution >= 0.6 is 0 Å². The molecule has 0 saturated carbocycles. The van der Waals surface area contributed by atoms with Crippen molar-refractivity contribution in [3.8, 4) is 5.75 Å². The predicted molar refractivity (Wildman–Crippen MR) is 141 cm³/mol. The number of aromatic nitrogens is 1. The van der Waals surface area contributed by atoms with Crippen molar-refractivity contribution in [1.82, 2.24) is 4.98 Å². The van der Waals surface area contributed by atoms with E-state index in [-0.39, 0.29) is 23.5 Å². The number of carbonyl (C=O) groups excluding carboxylic acids is 3. The fourth-order valence-corrected chi connectivity index (χ4v) is 4.63. The second-order valence-electron chi connectivity index (χ2n) is 9.06. The number of nitrogens with zero attached hydrogens (tertiary/aromatic N) is 3. The number of Topliss-reactive ketones (excluding diaryl/α,β-unsaturated/α-hetero) is 1. The minimum absolute atomic E-state index is 0.0907. The van der Waals surface area contributed by atoms with E-state index in [4.69, 9.17) is 9.47 Å². The van der Waals surface area contributed by atoms with Crippen molar-refractivity contribution in [2.24, 2.45) is 0 Å². The fourth-order valence-electron chi connectivity index (χ4n) is 4.63. The van der Waals surface area contributed by atoms with Gasteiger partial charge in [0.05, 0.1) is 35.7 Å². The summed E-state index contributed by atoms with van der Waals surface area (Å²) in [5.41, 5.74) is 2.00. The van der Waals surface area contributed by atoms with E-state index < -0.39 is 23.7 Å². The number of fused-ring (bicyclic) bond motifs is 1. The maximum atomic E-state index is 13.4. The van der Waals surface area contributed by atoms with Crippen molar-refractivity contribution in [3.05, 3.63) is 89.3 Å². The Kier molecular flexibility index (Phi) is 6.83. The summed E-state index contributed by atoms with van der Waals surface area (Å²) in [4.78, 5) is 47.0. The Morgan fingerprint density at radius 2 is 1.95 bits per heavy atom. The molecule has 0 aliphatic carbocycles. The first-order valence-corrected chi connectivity index (χ1v) is 12.4. The van der Waals surface area contributed by atoms with Crippen LogP contribution in [0.5, 0.6) is 5.75 Å². The van der Waals surface area contributed by atoms with E-state index in [9.17, 15) is 19.5 Å². The van der Waals surface area contributed by atoms with Crippen LogP contribution in [-0.2, 0) is 14.3 Å². The molecule has 1 N–H and O–H groups in total. The van der Waals surface area contributed by atoms with Crippen LogP contribution in [0.1, 0.15) is 41.0 Å². The molecule has 3 heterocycles. The minimum atomic E-state index is -1.01. The number of hydrogen-bond acceptors (Lipinski definition) is 8. The van der Waals surface area contributed by atoms with Gasteiger partial charge in [0.15, 0.2) is 0 Å². The standard InChI is InChI=1S/C29H27N3O6/c1-3-14-38-29(36)19-7-6-8-20(16-19)32-25(21-9-4-5-12-30-21)24(27(34)28(32)35)26(33)18-10-11-23-22(17-18)31(2)13-15-37-23/h4-12,16-17,25,33H,3,13-15H2,1-2H3/b26-24-. The highest BCUT2D eigenvalue weighted by Gasteiger charge is 2.47. The third-order valence-electron chi connectivity index (χ3n) is 6.54. The van der Waals surface area contributed by atoms with Crippen molar-refractivity contribution < 1.29 is 29.0 Å². The van der Waals surface area contributed by atoms with Gasteiger partial charge in [0.2, 0.25) is 0 Å². The largest absolute Gasteiger partial charge is 0.507 e. The van der Waals surface area contributed by atoms with Gasteiger partial charge in [-0.1, -0.05) is 19.1 Å². The van der Waals surface area contributed by atoms with Crippen molar-refractivity contribution in [1.29, 1.82) is 0 Å². The molecule has 1 amide bonds. The lowest BCUT2D eigenvalue weighted by molar-refractivity contribution is -0.132. The van der Waals surface area contributed by atoms with E-state index in [1.165, 1.54) is 11.0 Å². The first-order valence-electron chi connectivity index (χ1n) is 12.4. The Morgan fingerprint density at radius 3 is 2.71 bits per heavy atom. The number of benzene rings is 2. The molecule has 3 aromatic rings. The first kappa shape index (κ1) is 25.0. The van der Waals surface area contributed by atoms with Gasteiger partial charge in [0.25, 0.3) is 11.7 Å². The molecule has 0 bridgehead atoms. The molecule has 9 nitrogen and oxygen atoms in total. The fraction of sp³-hybridized carbons (Fsp3) is 0.241. The summed E-state index contributed by atoms with van der Waals surface area (Å²) in [7, 11) is 1.91. The van der Waals surface area contributed by atoms with Crippen molar-refractivity contribution in [3.63, 3.8) is 0 Å². The van der Waals surface area contributed by atoms with E-state index in [1.807, 2.05) is 18.9 Å². The third-order valence-corrected chi connectivity index (χ3v) is 6.54. The highest BCUT2D eigenvalue weighted by molar-refractivity contribution is 6.51. The highest BCUT2D eigenvalue weighted by atomic mass is 16.5. The van der Waals surface area contributed by atoms with E-state index in [0.717, 1.165) is 5.69 Å². The molecule has 1 saturated heterocycles. The molecule has 2 aliphatic heterocycles. The van der Waals surface area contributed by atoms with Gasteiger partial charge >= 0.3 is 5.97 Å². The van der Waals surface area contributed by atoms with E-state index >= 15 is 0 Å². The molecule has 2 aliphatic rings. The van der Waals surface area contributed by atoms with E-state index in [0.29, 0.717) is 42.3 Å². The second kappa shape index (κ2) is 10.4. The van der Waals surface area contributed by atoms with Gasteiger partial charge in [-0.25, -0.2) is 4.79 Å². The number of hydrogen-bond donors (Lipinski definition) is 1. The zero-order valence-corrected chi connectivity index (χ0v) is 21.1. The molecule has 9 heteroatoms. The van der Waals surface area contributed by atoms with Crippen LogP contribution in [0.3, 0.4) is 0 Å². The number of ketones is 1. The van der Waals surface area contributed by atoms with Crippen LogP contribution in [0.25, 0.3) is 5.76 Å². The van der Waals surface area contributed by atoms with Gasteiger partial charge in [0.1, 0.15) is 24.2 Å². The Hall–Kier alpha value is -4.66. The second-order valence-corrected chi connectivity index (χ2v) is 9.06. The topological polar surface area (TPSA) is 109 Å². The maximum Gasteiger partial charge on any atom is 0.338 e. The Morgan fingerprint density at radius 1 is 1.11 bits per heavy atom. The van der Waals surface area contributed by atoms with Crippen LogP contribution in [0, 0.1) is 0 Å². The van der Waals surface area contributed by atoms with E-state index in [2.05, 4.69) is 4.98 Å². The van der Waals surface area contributed by atoms with Crippen molar-refractivity contribution in [2.75, 3.05) is 36.6 Å². The summed E-state index contributed by atoms with van der Waals surface area (Å²) in [6, 6.07) is 15.6. The number of aliphatic hydroxyl groups excluding tert-OH is 1. The molecule has 1 aromatic heterocycles. The number of anilines is 2. The van der Waals surface area contributed by atoms with Gasteiger partial charge in [-0.2, -0.15) is 0 Å². The molecule has 5 rings (SSSR count). The number of esters is 1. The van der Waals surface area contributed by atoms with Gasteiger partial charge < -0.3 is 19.5 Å². The molecular weight excluding hydrogens is 486 g/mol. The minimum Gasteiger partial charge on any atom is -0.507 e. The zero-order chi connectivity index (χ0) is 26.8.